The second kappa shape index (κ2) is 4.92. The van der Waals surface area contributed by atoms with E-state index in [1.54, 1.807) is 0 Å². The van der Waals surface area contributed by atoms with Crippen molar-refractivity contribution in [3.63, 3.8) is 0 Å². The summed E-state index contributed by atoms with van der Waals surface area (Å²) in [5, 5.41) is 0.581. The molecule has 3 aliphatic rings. The van der Waals surface area contributed by atoms with Gasteiger partial charge in [-0.25, -0.2) is 4.39 Å². The standard InChI is InChI=1S/C17H25BBrFO3/c1-14(2)10-7-8-17(14,9-19)11(12(10)21)13(20)18-22-15(3,4)16(5,6)23-18/h10H,7-9H2,1-6H3. The Kier molecular flexibility index (Phi) is 3.77. The molecule has 0 aromatic rings. The van der Waals surface area contributed by atoms with Gasteiger partial charge in [0, 0.05) is 22.2 Å². The quantitative estimate of drug-likeness (QED) is 0.404. The highest BCUT2D eigenvalue weighted by molar-refractivity contribution is 9.09. The largest absolute Gasteiger partial charge is 0.525 e. The molecule has 1 heterocycles. The fourth-order valence-electron chi connectivity index (χ4n) is 4.44. The topological polar surface area (TPSA) is 35.5 Å². The van der Waals surface area contributed by atoms with E-state index >= 15 is 4.39 Å². The molecular weight excluding hydrogens is 362 g/mol. The van der Waals surface area contributed by atoms with Crippen LogP contribution in [0.15, 0.2) is 11.3 Å². The summed E-state index contributed by atoms with van der Waals surface area (Å²) in [4.78, 5) is 12.8. The highest BCUT2D eigenvalue weighted by Crippen LogP contribution is 2.68. The smallest absolute Gasteiger partial charge is 0.398 e. The summed E-state index contributed by atoms with van der Waals surface area (Å²) >= 11 is 3.55. The van der Waals surface area contributed by atoms with Gasteiger partial charge in [-0.05, 0) is 46.0 Å². The van der Waals surface area contributed by atoms with Crippen molar-refractivity contribution >= 4 is 28.8 Å². The third-order valence-corrected chi connectivity index (χ3v) is 7.89. The van der Waals surface area contributed by atoms with Crippen LogP contribution in [0, 0.1) is 16.7 Å². The van der Waals surface area contributed by atoms with Crippen LogP contribution in [0.4, 0.5) is 4.39 Å². The van der Waals surface area contributed by atoms with Crippen LogP contribution in [0.25, 0.3) is 0 Å². The Hall–Kier alpha value is -0.195. The number of Topliss-reactive ketones (excluding diaryl/α,β-unsaturated/α-hetero) is 1. The molecule has 6 heteroatoms. The fraction of sp³-hybridized carbons (Fsp3) is 0.824. The summed E-state index contributed by atoms with van der Waals surface area (Å²) in [5.74, 6) is -0.170. The highest BCUT2D eigenvalue weighted by Gasteiger charge is 2.68. The number of ketones is 1. The van der Waals surface area contributed by atoms with Gasteiger partial charge in [-0.2, -0.15) is 0 Å². The lowest BCUT2D eigenvalue weighted by molar-refractivity contribution is -0.119. The number of allylic oxidation sites excluding steroid dienone is 1. The molecule has 0 N–H and O–H groups in total. The Labute approximate surface area is 146 Å². The predicted octanol–water partition coefficient (Wildman–Crippen LogP) is 4.24. The first-order valence-corrected chi connectivity index (χ1v) is 9.39. The minimum absolute atomic E-state index is 0.0621. The molecule has 2 atom stereocenters. The lowest BCUT2D eigenvalue weighted by atomic mass is 9.66. The molecule has 0 spiro atoms. The van der Waals surface area contributed by atoms with Crippen molar-refractivity contribution in [2.24, 2.45) is 16.7 Å². The summed E-state index contributed by atoms with van der Waals surface area (Å²) in [6, 6.07) is 0. The number of rotatable bonds is 2. The molecule has 0 aromatic carbocycles. The minimum atomic E-state index is -1.09. The van der Waals surface area contributed by atoms with Crippen molar-refractivity contribution in [3.8, 4) is 0 Å². The fourth-order valence-corrected chi connectivity index (χ4v) is 5.72. The van der Waals surface area contributed by atoms with E-state index in [2.05, 4.69) is 29.8 Å². The van der Waals surface area contributed by atoms with Crippen LogP contribution < -0.4 is 0 Å². The normalized spacial score (nSPS) is 39.2. The molecule has 128 valence electrons. The number of halogens is 2. The van der Waals surface area contributed by atoms with Gasteiger partial charge >= 0.3 is 7.12 Å². The SMILES string of the molecule is CC1(C)OB(C(F)=C2C(=O)C3CCC2(CBr)C3(C)C)OC1(C)C. The lowest BCUT2D eigenvalue weighted by Crippen LogP contribution is -2.41. The van der Waals surface area contributed by atoms with Crippen molar-refractivity contribution < 1.29 is 18.5 Å². The van der Waals surface area contributed by atoms with Crippen molar-refractivity contribution in [2.75, 3.05) is 5.33 Å². The Morgan fingerprint density at radius 3 is 2.22 bits per heavy atom. The molecule has 3 fully saturated rings. The number of fused-ring (bicyclic) bond motifs is 2. The highest BCUT2D eigenvalue weighted by atomic mass is 79.9. The maximum atomic E-state index is 15.4. The molecule has 0 aromatic heterocycles. The molecule has 0 amide bonds. The molecule has 1 aliphatic heterocycles. The molecule has 3 rings (SSSR count). The summed E-state index contributed by atoms with van der Waals surface area (Å²) in [6.07, 6.45) is 1.65. The number of hydrogen-bond acceptors (Lipinski definition) is 3. The predicted molar refractivity (Wildman–Crippen MR) is 92.0 cm³/mol. The average Bonchev–Trinajstić information content (AvgIpc) is 2.87. The first kappa shape index (κ1) is 17.6. The first-order valence-electron chi connectivity index (χ1n) is 8.27. The van der Waals surface area contributed by atoms with Crippen LogP contribution in [0.5, 0.6) is 0 Å². The number of hydrogen-bond donors (Lipinski definition) is 0. The second-order valence-corrected chi connectivity index (χ2v) is 9.26. The summed E-state index contributed by atoms with van der Waals surface area (Å²) in [6.45, 7) is 11.7. The van der Waals surface area contributed by atoms with Gasteiger partial charge in [0.2, 0.25) is 0 Å². The maximum Gasteiger partial charge on any atom is 0.525 e. The Morgan fingerprint density at radius 2 is 1.74 bits per heavy atom. The number of carbonyl (C=O) groups is 1. The molecule has 2 saturated carbocycles. The Bertz CT molecular complexity index is 583. The summed E-state index contributed by atoms with van der Waals surface area (Å²) in [5.41, 5.74) is -2.18. The molecule has 2 bridgehead atoms. The van der Waals surface area contributed by atoms with Crippen LogP contribution >= 0.6 is 15.9 Å². The van der Waals surface area contributed by atoms with Gasteiger partial charge in [-0.15, -0.1) is 0 Å². The molecule has 2 aliphatic carbocycles. The second-order valence-electron chi connectivity index (χ2n) is 8.70. The molecule has 23 heavy (non-hydrogen) atoms. The van der Waals surface area contributed by atoms with Gasteiger partial charge in [0.05, 0.1) is 11.2 Å². The van der Waals surface area contributed by atoms with Crippen molar-refractivity contribution in [1.82, 2.24) is 0 Å². The Morgan fingerprint density at radius 1 is 1.22 bits per heavy atom. The van der Waals surface area contributed by atoms with Gasteiger partial charge < -0.3 is 9.31 Å². The van der Waals surface area contributed by atoms with Gasteiger partial charge in [-0.3, -0.25) is 4.79 Å². The van der Waals surface area contributed by atoms with E-state index in [1.165, 1.54) is 0 Å². The van der Waals surface area contributed by atoms with Gasteiger partial charge in [0.25, 0.3) is 0 Å². The number of carbonyl (C=O) groups excluding carboxylic acids is 1. The molecule has 3 nitrogen and oxygen atoms in total. The van der Waals surface area contributed by atoms with Crippen molar-refractivity contribution in [1.29, 1.82) is 0 Å². The first-order chi connectivity index (χ1) is 10.4. The van der Waals surface area contributed by atoms with E-state index in [9.17, 15) is 4.79 Å². The van der Waals surface area contributed by atoms with Gasteiger partial charge in [0.15, 0.2) is 5.78 Å². The zero-order valence-electron chi connectivity index (χ0n) is 14.8. The van der Waals surface area contributed by atoms with Gasteiger partial charge in [-0.1, -0.05) is 29.8 Å². The van der Waals surface area contributed by atoms with E-state index in [0.29, 0.717) is 10.9 Å². The molecule has 0 radical (unpaired) electrons. The van der Waals surface area contributed by atoms with Crippen molar-refractivity contribution in [3.05, 3.63) is 11.3 Å². The van der Waals surface area contributed by atoms with E-state index in [0.717, 1.165) is 12.8 Å². The Balaban J connectivity index is 2.07. The van der Waals surface area contributed by atoms with Crippen LogP contribution in [0.3, 0.4) is 0 Å². The van der Waals surface area contributed by atoms with Crippen LogP contribution in [0.2, 0.25) is 0 Å². The molecule has 2 unspecified atom stereocenters. The lowest BCUT2D eigenvalue weighted by Gasteiger charge is -2.37. The number of alkyl halides is 1. The zero-order chi connectivity index (χ0) is 17.4. The minimum Gasteiger partial charge on any atom is -0.398 e. The van der Waals surface area contributed by atoms with E-state index in [1.807, 2.05) is 27.7 Å². The van der Waals surface area contributed by atoms with Crippen LogP contribution in [-0.2, 0) is 14.1 Å². The van der Waals surface area contributed by atoms with Crippen LogP contribution in [0.1, 0.15) is 54.4 Å². The third kappa shape index (κ3) is 2.04. The van der Waals surface area contributed by atoms with Crippen molar-refractivity contribution in [2.45, 2.75) is 65.6 Å². The zero-order valence-corrected chi connectivity index (χ0v) is 16.3. The van der Waals surface area contributed by atoms with E-state index in [4.69, 9.17) is 9.31 Å². The van der Waals surface area contributed by atoms with E-state index < -0.39 is 29.5 Å². The van der Waals surface area contributed by atoms with Crippen LogP contribution in [-0.4, -0.2) is 29.4 Å². The average molecular weight is 387 g/mol. The monoisotopic (exact) mass is 386 g/mol. The van der Waals surface area contributed by atoms with E-state index in [-0.39, 0.29) is 17.1 Å². The molecular formula is C17H25BBrFO3. The summed E-state index contributed by atoms with van der Waals surface area (Å²) < 4.78 is 27.0. The maximum absolute atomic E-state index is 15.4. The van der Waals surface area contributed by atoms with Gasteiger partial charge in [0.1, 0.15) is 5.73 Å². The summed E-state index contributed by atoms with van der Waals surface area (Å²) in [7, 11) is -1.09. The molecule has 1 saturated heterocycles. The third-order valence-electron chi connectivity index (χ3n) is 6.93.